The number of likely N-dealkylation sites (tertiary alicyclic amines) is 1. The zero-order valence-corrected chi connectivity index (χ0v) is 22.6. The number of benzene rings is 1. The number of para-hydroxylation sites is 1. The molecule has 35 heavy (non-hydrogen) atoms. The quantitative estimate of drug-likeness (QED) is 0.582. The van der Waals surface area contributed by atoms with Crippen LogP contribution in [0.2, 0.25) is 0 Å². The Kier molecular flexibility index (Phi) is 6.07. The molecule has 0 aromatic heterocycles. The van der Waals surface area contributed by atoms with Crippen molar-refractivity contribution in [3.8, 4) is 0 Å². The van der Waals surface area contributed by atoms with E-state index in [9.17, 15) is 9.59 Å². The van der Waals surface area contributed by atoms with E-state index in [1.165, 1.54) is 12.8 Å². The second-order valence-electron chi connectivity index (χ2n) is 13.8. The first-order valence-electron chi connectivity index (χ1n) is 13.8. The van der Waals surface area contributed by atoms with Gasteiger partial charge in [0.2, 0.25) is 0 Å². The van der Waals surface area contributed by atoms with Gasteiger partial charge in [-0.15, -0.1) is 0 Å². The molecular formula is C29H46N4O2+2. The summed E-state index contributed by atoms with van der Waals surface area (Å²) in [5, 5.41) is 0. The minimum atomic E-state index is 0.136. The van der Waals surface area contributed by atoms with Crippen LogP contribution in [0.5, 0.6) is 0 Å². The highest BCUT2D eigenvalue weighted by Gasteiger charge is 2.54. The maximum absolute atomic E-state index is 13.6. The molecule has 1 aromatic rings. The zero-order valence-electron chi connectivity index (χ0n) is 22.6. The Morgan fingerprint density at radius 3 is 2.09 bits per heavy atom. The molecule has 1 aromatic carbocycles. The lowest BCUT2D eigenvalue weighted by Crippen LogP contribution is -2.77. The number of amides is 2. The average molecular weight is 483 g/mol. The predicted molar refractivity (Wildman–Crippen MR) is 140 cm³/mol. The third-order valence-electron chi connectivity index (χ3n) is 9.64. The first-order valence-corrected chi connectivity index (χ1v) is 13.8. The van der Waals surface area contributed by atoms with Crippen molar-refractivity contribution in [1.82, 2.24) is 4.90 Å². The average Bonchev–Trinajstić information content (AvgIpc) is 3.04. The van der Waals surface area contributed by atoms with Gasteiger partial charge in [-0.25, -0.2) is 0 Å². The van der Waals surface area contributed by atoms with Crippen LogP contribution in [-0.4, -0.2) is 96.7 Å². The van der Waals surface area contributed by atoms with E-state index in [2.05, 4.69) is 39.5 Å². The fraction of sp³-hybridized carbons (Fsp3) is 0.724. The predicted octanol–water partition coefficient (Wildman–Crippen LogP) is 3.52. The van der Waals surface area contributed by atoms with Crippen LogP contribution in [-0.2, 0) is 9.59 Å². The molecule has 2 unspecified atom stereocenters. The Hall–Kier alpha value is -1.92. The Morgan fingerprint density at radius 1 is 0.943 bits per heavy atom. The molecule has 4 bridgehead atoms. The highest BCUT2D eigenvalue weighted by atomic mass is 16.2. The maximum Gasteiger partial charge on any atom is 0.282 e. The van der Waals surface area contributed by atoms with Crippen LogP contribution in [0.3, 0.4) is 0 Å². The molecular weight excluding hydrogens is 436 g/mol. The number of fused-ring (bicyclic) bond motifs is 5. The van der Waals surface area contributed by atoms with Crippen molar-refractivity contribution in [2.75, 3.05) is 63.8 Å². The molecule has 5 fully saturated rings. The van der Waals surface area contributed by atoms with Crippen molar-refractivity contribution >= 4 is 17.5 Å². The highest BCUT2D eigenvalue weighted by molar-refractivity contribution is 5.94. The van der Waals surface area contributed by atoms with Gasteiger partial charge in [0.25, 0.3) is 11.8 Å². The van der Waals surface area contributed by atoms with Crippen molar-refractivity contribution < 1.29 is 18.6 Å². The number of piperazine rings is 3. The maximum atomic E-state index is 13.6. The minimum absolute atomic E-state index is 0.136. The van der Waals surface area contributed by atoms with Crippen LogP contribution in [0, 0.1) is 10.8 Å². The van der Waals surface area contributed by atoms with E-state index >= 15 is 0 Å². The Bertz CT molecular complexity index is 950. The standard InChI is InChI=1S/C29H46N4O2/c1-23(2)31(24-9-7-6-8-10-24)27(35)20-33-14-11-32(12-15-33,13-16-33)19-26(34)30-22-29(5)18-25(30)17-28(3,4)21-29/h6-10,23,25H,11-22H2,1-5H3/q+2. The summed E-state index contributed by atoms with van der Waals surface area (Å²) < 4.78 is 1.82. The first-order chi connectivity index (χ1) is 16.4. The van der Waals surface area contributed by atoms with Gasteiger partial charge in [0.05, 0.1) is 0 Å². The molecule has 0 N–H and O–H groups in total. The molecule has 4 heterocycles. The van der Waals surface area contributed by atoms with Gasteiger partial charge >= 0.3 is 0 Å². The van der Waals surface area contributed by atoms with Crippen LogP contribution in [0.4, 0.5) is 5.69 Å². The summed E-state index contributed by atoms with van der Waals surface area (Å²) in [6.45, 7) is 19.6. The summed E-state index contributed by atoms with van der Waals surface area (Å²) in [5.41, 5.74) is 1.62. The number of hydrogen-bond acceptors (Lipinski definition) is 2. The van der Waals surface area contributed by atoms with E-state index in [0.717, 1.165) is 66.9 Å². The lowest BCUT2D eigenvalue weighted by atomic mass is 9.65. The molecule has 4 saturated heterocycles. The third-order valence-corrected chi connectivity index (χ3v) is 9.64. The molecule has 6 rings (SSSR count). The lowest BCUT2D eigenvalue weighted by molar-refractivity contribution is -1.07. The van der Waals surface area contributed by atoms with Gasteiger partial charge in [0.1, 0.15) is 39.3 Å². The zero-order chi connectivity index (χ0) is 25.1. The third kappa shape index (κ3) is 4.76. The molecule has 5 aliphatic rings. The molecule has 192 valence electrons. The number of nitrogens with zero attached hydrogens (tertiary/aromatic N) is 4. The van der Waals surface area contributed by atoms with E-state index < -0.39 is 0 Å². The number of quaternary nitrogens is 2. The van der Waals surface area contributed by atoms with Crippen molar-refractivity contribution in [2.45, 2.75) is 66.0 Å². The highest BCUT2D eigenvalue weighted by Crippen LogP contribution is 2.52. The minimum Gasteiger partial charge on any atom is -0.334 e. The molecule has 1 saturated carbocycles. The molecule has 2 atom stereocenters. The normalized spacial score (nSPS) is 35.4. The number of anilines is 1. The monoisotopic (exact) mass is 482 g/mol. The van der Waals surface area contributed by atoms with Gasteiger partial charge < -0.3 is 18.8 Å². The van der Waals surface area contributed by atoms with Crippen molar-refractivity contribution in [2.24, 2.45) is 10.8 Å². The van der Waals surface area contributed by atoms with E-state index in [0.29, 0.717) is 35.9 Å². The van der Waals surface area contributed by atoms with Gasteiger partial charge in [0.15, 0.2) is 13.1 Å². The Labute approximate surface area is 212 Å². The number of carbonyl (C=O) groups excluding carboxylic acids is 2. The van der Waals surface area contributed by atoms with E-state index in [4.69, 9.17) is 0 Å². The Morgan fingerprint density at radius 2 is 1.51 bits per heavy atom. The van der Waals surface area contributed by atoms with Crippen LogP contribution < -0.4 is 4.90 Å². The van der Waals surface area contributed by atoms with E-state index in [1.807, 2.05) is 35.2 Å². The fourth-order valence-electron chi connectivity index (χ4n) is 8.23. The van der Waals surface area contributed by atoms with Crippen molar-refractivity contribution in [3.05, 3.63) is 30.3 Å². The van der Waals surface area contributed by atoms with Crippen LogP contribution >= 0.6 is 0 Å². The molecule has 1 aliphatic carbocycles. The van der Waals surface area contributed by atoms with Gasteiger partial charge in [-0.3, -0.25) is 9.59 Å². The molecule has 2 amide bonds. The SMILES string of the molecule is CC(C)N(C(=O)C[N+]12CC[N+](CC(=O)N3CC4(C)CC3CC(C)(C)C4)(CC1)CC2)c1ccccc1. The summed E-state index contributed by atoms with van der Waals surface area (Å²) in [4.78, 5) is 31.3. The topological polar surface area (TPSA) is 40.6 Å². The second kappa shape index (κ2) is 8.58. The second-order valence-corrected chi connectivity index (χ2v) is 13.8. The van der Waals surface area contributed by atoms with Gasteiger partial charge in [-0.05, 0) is 56.1 Å². The smallest absolute Gasteiger partial charge is 0.282 e. The van der Waals surface area contributed by atoms with Gasteiger partial charge in [0, 0.05) is 24.3 Å². The number of carbonyl (C=O) groups is 2. The summed E-state index contributed by atoms with van der Waals surface area (Å²) in [7, 11) is 0. The molecule has 4 aliphatic heterocycles. The summed E-state index contributed by atoms with van der Waals surface area (Å²) in [6.07, 6.45) is 3.55. The summed E-state index contributed by atoms with van der Waals surface area (Å²) in [5.74, 6) is 0.605. The fourth-order valence-corrected chi connectivity index (χ4v) is 8.23. The molecule has 6 nitrogen and oxygen atoms in total. The van der Waals surface area contributed by atoms with Crippen molar-refractivity contribution in [1.29, 1.82) is 0 Å². The molecule has 0 spiro atoms. The first kappa shape index (κ1) is 24.8. The number of rotatable bonds is 6. The molecule has 0 radical (unpaired) electrons. The van der Waals surface area contributed by atoms with Gasteiger partial charge in [-0.1, -0.05) is 39.0 Å². The van der Waals surface area contributed by atoms with E-state index in [1.54, 1.807) is 0 Å². The van der Waals surface area contributed by atoms with Crippen LogP contribution in [0.1, 0.15) is 53.9 Å². The lowest BCUT2D eigenvalue weighted by Gasteiger charge is -2.55. The largest absolute Gasteiger partial charge is 0.334 e. The van der Waals surface area contributed by atoms with E-state index in [-0.39, 0.29) is 11.9 Å². The van der Waals surface area contributed by atoms with Crippen LogP contribution in [0.25, 0.3) is 0 Å². The number of hydrogen-bond donors (Lipinski definition) is 0. The Balaban J connectivity index is 1.21. The van der Waals surface area contributed by atoms with Crippen molar-refractivity contribution in [3.63, 3.8) is 0 Å². The van der Waals surface area contributed by atoms with Crippen LogP contribution in [0.15, 0.2) is 30.3 Å². The summed E-state index contributed by atoms with van der Waals surface area (Å²) >= 11 is 0. The summed E-state index contributed by atoms with van der Waals surface area (Å²) in [6, 6.07) is 10.6. The van der Waals surface area contributed by atoms with Gasteiger partial charge in [-0.2, -0.15) is 0 Å². The molecule has 6 heteroatoms.